The second kappa shape index (κ2) is 7.07. The van der Waals surface area contributed by atoms with E-state index in [1.54, 1.807) is 0 Å². The van der Waals surface area contributed by atoms with Gasteiger partial charge in [-0.25, -0.2) is 0 Å². The highest BCUT2D eigenvalue weighted by Gasteiger charge is 2.13. The molecule has 1 nitrogen and oxygen atoms in total. The molecule has 2 unspecified atom stereocenters. The van der Waals surface area contributed by atoms with Crippen LogP contribution in [0, 0.1) is 13.8 Å². The van der Waals surface area contributed by atoms with E-state index in [1.807, 2.05) is 11.8 Å². The van der Waals surface area contributed by atoms with Gasteiger partial charge in [-0.1, -0.05) is 31.5 Å². The van der Waals surface area contributed by atoms with Gasteiger partial charge in [0, 0.05) is 16.2 Å². The van der Waals surface area contributed by atoms with Crippen LogP contribution in [-0.4, -0.2) is 17.8 Å². The molecule has 0 aliphatic carbocycles. The normalized spacial score (nSPS) is 14.6. The summed E-state index contributed by atoms with van der Waals surface area (Å²) in [4.78, 5) is 1.42. The quantitative estimate of drug-likeness (QED) is 0.762. The number of nitrogens with one attached hydrogen (secondary N) is 1. The van der Waals surface area contributed by atoms with Gasteiger partial charge < -0.3 is 5.32 Å². The minimum atomic E-state index is 0.555. The molecule has 0 spiro atoms. The van der Waals surface area contributed by atoms with Crippen molar-refractivity contribution in [3.63, 3.8) is 0 Å². The van der Waals surface area contributed by atoms with E-state index in [1.165, 1.54) is 22.4 Å². The molecule has 0 aliphatic rings. The lowest BCUT2D eigenvalue weighted by Crippen LogP contribution is -2.34. The molecule has 0 radical (unpaired) electrons. The summed E-state index contributed by atoms with van der Waals surface area (Å²) < 4.78 is 0. The van der Waals surface area contributed by atoms with Crippen LogP contribution in [0.15, 0.2) is 23.1 Å². The van der Waals surface area contributed by atoms with E-state index in [2.05, 4.69) is 58.1 Å². The van der Waals surface area contributed by atoms with Crippen molar-refractivity contribution in [3.05, 3.63) is 29.3 Å². The maximum atomic E-state index is 3.57. The molecule has 2 atom stereocenters. The molecule has 2 heteroatoms. The van der Waals surface area contributed by atoms with Crippen molar-refractivity contribution < 1.29 is 0 Å². The Morgan fingerprint density at radius 2 is 1.94 bits per heavy atom. The molecule has 0 amide bonds. The molecule has 0 saturated carbocycles. The lowest BCUT2D eigenvalue weighted by atomic mass is 10.2. The van der Waals surface area contributed by atoms with Gasteiger partial charge in [0.15, 0.2) is 0 Å². The third kappa shape index (κ3) is 4.72. The number of hydrogen-bond donors (Lipinski definition) is 1. The van der Waals surface area contributed by atoms with E-state index in [0.29, 0.717) is 11.3 Å². The van der Waals surface area contributed by atoms with Gasteiger partial charge in [-0.05, 0) is 45.4 Å². The van der Waals surface area contributed by atoms with Crippen molar-refractivity contribution in [1.29, 1.82) is 0 Å². The van der Waals surface area contributed by atoms with E-state index in [-0.39, 0.29) is 0 Å². The smallest absolute Gasteiger partial charge is 0.0217 e. The molecule has 96 valence electrons. The molecule has 1 aromatic carbocycles. The summed E-state index contributed by atoms with van der Waals surface area (Å²) in [6.45, 7) is 12.3. The second-order valence-electron chi connectivity index (χ2n) is 4.83. The number of hydrogen-bond acceptors (Lipinski definition) is 2. The van der Waals surface area contributed by atoms with Crippen LogP contribution >= 0.6 is 11.8 Å². The van der Waals surface area contributed by atoms with Gasteiger partial charge in [-0.15, -0.1) is 11.8 Å². The Labute approximate surface area is 110 Å². The van der Waals surface area contributed by atoms with E-state index in [9.17, 15) is 0 Å². The first-order chi connectivity index (χ1) is 8.04. The molecule has 1 N–H and O–H groups in total. The van der Waals surface area contributed by atoms with Crippen molar-refractivity contribution >= 4 is 11.8 Å². The second-order valence-corrected chi connectivity index (χ2v) is 6.25. The van der Waals surface area contributed by atoms with Crippen LogP contribution in [0.2, 0.25) is 0 Å². The van der Waals surface area contributed by atoms with Crippen molar-refractivity contribution in [2.24, 2.45) is 0 Å². The SMILES string of the molecule is CCCNC(C)C(C)Sc1cc(C)ccc1C. The van der Waals surface area contributed by atoms with E-state index in [4.69, 9.17) is 0 Å². The van der Waals surface area contributed by atoms with Crippen LogP contribution in [0.1, 0.15) is 38.3 Å². The first-order valence-corrected chi connectivity index (χ1v) is 7.39. The largest absolute Gasteiger partial charge is 0.313 e. The van der Waals surface area contributed by atoms with Crippen LogP contribution in [0.3, 0.4) is 0 Å². The topological polar surface area (TPSA) is 12.0 Å². The summed E-state index contributed by atoms with van der Waals surface area (Å²) in [5.41, 5.74) is 2.73. The monoisotopic (exact) mass is 251 g/mol. The molecule has 0 aromatic heterocycles. The van der Waals surface area contributed by atoms with Crippen LogP contribution in [-0.2, 0) is 0 Å². The van der Waals surface area contributed by atoms with E-state index >= 15 is 0 Å². The Hall–Kier alpha value is -0.470. The fraction of sp³-hybridized carbons (Fsp3) is 0.600. The van der Waals surface area contributed by atoms with Gasteiger partial charge in [0.05, 0.1) is 0 Å². The first kappa shape index (κ1) is 14.6. The summed E-state index contributed by atoms with van der Waals surface area (Å²) in [6, 6.07) is 7.25. The van der Waals surface area contributed by atoms with Crippen LogP contribution < -0.4 is 5.32 Å². The highest BCUT2D eigenvalue weighted by Crippen LogP contribution is 2.28. The standard InChI is InChI=1S/C15H25NS/c1-6-9-16-13(4)14(5)17-15-10-11(2)7-8-12(15)3/h7-8,10,13-14,16H,6,9H2,1-5H3. The van der Waals surface area contributed by atoms with Crippen molar-refractivity contribution in [3.8, 4) is 0 Å². The predicted molar refractivity (Wildman–Crippen MR) is 79.0 cm³/mol. The molecule has 0 saturated heterocycles. The summed E-state index contributed by atoms with van der Waals surface area (Å²) in [5.74, 6) is 0. The Bertz CT molecular complexity index is 349. The van der Waals surface area contributed by atoms with Gasteiger partial charge in [-0.2, -0.15) is 0 Å². The highest BCUT2D eigenvalue weighted by atomic mass is 32.2. The zero-order valence-electron chi connectivity index (χ0n) is 11.7. The summed E-state index contributed by atoms with van der Waals surface area (Å²) in [6.07, 6.45) is 1.20. The van der Waals surface area contributed by atoms with Crippen molar-refractivity contribution in [2.45, 2.75) is 57.2 Å². The zero-order valence-corrected chi connectivity index (χ0v) is 12.5. The maximum absolute atomic E-state index is 3.57. The minimum absolute atomic E-state index is 0.555. The predicted octanol–water partition coefficient (Wildman–Crippen LogP) is 4.17. The average Bonchev–Trinajstić information content (AvgIpc) is 2.30. The van der Waals surface area contributed by atoms with E-state index < -0.39 is 0 Å². The lowest BCUT2D eigenvalue weighted by Gasteiger charge is -2.21. The van der Waals surface area contributed by atoms with Gasteiger partial charge >= 0.3 is 0 Å². The third-order valence-electron chi connectivity index (χ3n) is 3.08. The summed E-state index contributed by atoms with van der Waals surface area (Å²) in [5, 5.41) is 4.16. The highest BCUT2D eigenvalue weighted by molar-refractivity contribution is 8.00. The van der Waals surface area contributed by atoms with Gasteiger partial charge in [0.25, 0.3) is 0 Å². The molecule has 17 heavy (non-hydrogen) atoms. The van der Waals surface area contributed by atoms with Crippen LogP contribution in [0.4, 0.5) is 0 Å². The lowest BCUT2D eigenvalue weighted by molar-refractivity contribution is 0.542. The third-order valence-corrected chi connectivity index (χ3v) is 4.55. The molecular formula is C15H25NS. The van der Waals surface area contributed by atoms with Crippen LogP contribution in [0.25, 0.3) is 0 Å². The fourth-order valence-corrected chi connectivity index (χ4v) is 2.88. The Morgan fingerprint density at radius 3 is 2.59 bits per heavy atom. The van der Waals surface area contributed by atoms with Crippen LogP contribution in [0.5, 0.6) is 0 Å². The number of aryl methyl sites for hydroxylation is 2. The first-order valence-electron chi connectivity index (χ1n) is 6.52. The summed E-state index contributed by atoms with van der Waals surface area (Å²) in [7, 11) is 0. The van der Waals surface area contributed by atoms with Crippen molar-refractivity contribution in [1.82, 2.24) is 5.32 Å². The fourth-order valence-electron chi connectivity index (χ4n) is 1.67. The minimum Gasteiger partial charge on any atom is -0.313 e. The number of benzene rings is 1. The molecular weight excluding hydrogens is 226 g/mol. The molecule has 1 aromatic rings. The van der Waals surface area contributed by atoms with Crippen molar-refractivity contribution in [2.75, 3.05) is 6.54 Å². The molecule has 1 rings (SSSR count). The maximum Gasteiger partial charge on any atom is 0.0217 e. The van der Waals surface area contributed by atoms with Gasteiger partial charge in [0.1, 0.15) is 0 Å². The Morgan fingerprint density at radius 1 is 1.24 bits per heavy atom. The summed E-state index contributed by atoms with van der Waals surface area (Å²) >= 11 is 1.98. The number of thioether (sulfide) groups is 1. The zero-order chi connectivity index (χ0) is 12.8. The van der Waals surface area contributed by atoms with E-state index in [0.717, 1.165) is 6.54 Å². The molecule has 0 aliphatic heterocycles. The Balaban J connectivity index is 2.60. The van der Waals surface area contributed by atoms with Gasteiger partial charge in [0.2, 0.25) is 0 Å². The molecule has 0 fully saturated rings. The number of rotatable bonds is 6. The Kier molecular flexibility index (Phi) is 6.07. The molecule has 0 bridgehead atoms. The average molecular weight is 251 g/mol. The van der Waals surface area contributed by atoms with Gasteiger partial charge in [-0.3, -0.25) is 0 Å². The molecule has 0 heterocycles.